The van der Waals surface area contributed by atoms with Crippen LogP contribution in [0.4, 0.5) is 27.6 Å². The van der Waals surface area contributed by atoms with Crippen LogP contribution in [0.1, 0.15) is 31.7 Å². The average molecular weight is 428 g/mol. The van der Waals surface area contributed by atoms with Crippen LogP contribution < -0.4 is 10.2 Å². The van der Waals surface area contributed by atoms with Gasteiger partial charge in [0.2, 0.25) is 11.8 Å². The molecule has 0 bridgehead atoms. The monoisotopic (exact) mass is 428 g/mol. The van der Waals surface area contributed by atoms with Gasteiger partial charge in [0.1, 0.15) is 11.0 Å². The Morgan fingerprint density at radius 3 is 2.43 bits per heavy atom. The van der Waals surface area contributed by atoms with Crippen molar-refractivity contribution in [3.63, 3.8) is 0 Å². The zero-order chi connectivity index (χ0) is 21.7. The molecule has 10 heteroatoms. The predicted molar refractivity (Wildman–Crippen MR) is 100 cm³/mol. The third-order valence-corrected chi connectivity index (χ3v) is 5.72. The van der Waals surface area contributed by atoms with E-state index in [0.29, 0.717) is 25.2 Å². The van der Waals surface area contributed by atoms with E-state index in [1.807, 2.05) is 11.8 Å². The molecule has 2 fully saturated rings. The highest BCUT2D eigenvalue weighted by atomic mass is 19.4. The van der Waals surface area contributed by atoms with E-state index in [0.717, 1.165) is 6.07 Å². The second-order valence-corrected chi connectivity index (χ2v) is 8.30. The van der Waals surface area contributed by atoms with Crippen LogP contribution in [0, 0.1) is 11.8 Å². The predicted octanol–water partition coefficient (Wildman–Crippen LogP) is 4.02. The van der Waals surface area contributed by atoms with Gasteiger partial charge >= 0.3 is 6.18 Å². The summed E-state index contributed by atoms with van der Waals surface area (Å²) >= 11 is 0. The van der Waals surface area contributed by atoms with Crippen LogP contribution in [0.3, 0.4) is 0 Å². The van der Waals surface area contributed by atoms with Crippen molar-refractivity contribution in [1.82, 2.24) is 15.3 Å². The van der Waals surface area contributed by atoms with Gasteiger partial charge in [0.25, 0.3) is 0 Å². The van der Waals surface area contributed by atoms with Crippen LogP contribution >= 0.6 is 0 Å². The second kappa shape index (κ2) is 7.31. The standard InChI is InChI=1S/C20H21F5N4O/c1-11-6-13(28-18(30)12-7-19(21,22)8-12)10-29(9-11)15-3-2-14(20(23,24)25)16-17(15)27-5-4-26-16/h2-5,11-13H,6-10H2,1H3,(H,28,30)/t11-,13+/m0/s1. The number of hydrogen-bond donors (Lipinski definition) is 1. The third-order valence-electron chi connectivity index (χ3n) is 5.72. The van der Waals surface area contributed by atoms with Crippen LogP contribution in [-0.4, -0.2) is 40.9 Å². The summed E-state index contributed by atoms with van der Waals surface area (Å²) in [5, 5.41) is 2.84. The van der Waals surface area contributed by atoms with Gasteiger partial charge in [0.15, 0.2) is 0 Å². The van der Waals surface area contributed by atoms with Gasteiger partial charge < -0.3 is 10.2 Å². The number of carbonyl (C=O) groups excluding carboxylic acids is 1. The van der Waals surface area contributed by atoms with Crippen molar-refractivity contribution in [2.75, 3.05) is 18.0 Å². The maximum atomic E-state index is 13.3. The molecule has 0 unspecified atom stereocenters. The molecule has 1 aliphatic carbocycles. The van der Waals surface area contributed by atoms with Crippen LogP contribution in [-0.2, 0) is 11.0 Å². The molecule has 2 aliphatic rings. The SMILES string of the molecule is C[C@H]1C[C@@H](NC(=O)C2CC(F)(F)C2)CN(c2ccc(C(F)(F)F)c3nccnc23)C1. The van der Waals surface area contributed by atoms with Gasteiger partial charge in [-0.2, -0.15) is 13.2 Å². The molecule has 1 aromatic heterocycles. The van der Waals surface area contributed by atoms with Crippen LogP contribution in [0.25, 0.3) is 11.0 Å². The molecule has 0 radical (unpaired) electrons. The molecule has 0 spiro atoms. The number of carbonyl (C=O) groups is 1. The molecule has 4 rings (SSSR count). The average Bonchev–Trinajstić information content (AvgIpc) is 2.63. The molecule has 2 heterocycles. The maximum absolute atomic E-state index is 13.3. The number of anilines is 1. The number of alkyl halides is 5. The fourth-order valence-corrected chi connectivity index (χ4v) is 4.35. The van der Waals surface area contributed by atoms with E-state index in [4.69, 9.17) is 0 Å². The molecule has 162 valence electrons. The first kappa shape index (κ1) is 20.7. The van der Waals surface area contributed by atoms with Gasteiger partial charge in [0, 0.05) is 50.3 Å². The van der Waals surface area contributed by atoms with Gasteiger partial charge in [-0.15, -0.1) is 0 Å². The number of piperidine rings is 1. The Morgan fingerprint density at radius 1 is 1.13 bits per heavy atom. The Labute approximate surface area is 169 Å². The number of benzene rings is 1. The lowest BCUT2D eigenvalue weighted by Crippen LogP contribution is -2.54. The first-order chi connectivity index (χ1) is 14.0. The quantitative estimate of drug-likeness (QED) is 0.751. The van der Waals surface area contributed by atoms with Crippen LogP contribution in [0.5, 0.6) is 0 Å². The van der Waals surface area contributed by atoms with E-state index < -0.39 is 42.3 Å². The topological polar surface area (TPSA) is 58.1 Å². The van der Waals surface area contributed by atoms with Crippen LogP contribution in [0.15, 0.2) is 24.5 Å². The Bertz CT molecular complexity index is 956. The lowest BCUT2D eigenvalue weighted by atomic mass is 9.80. The summed E-state index contributed by atoms with van der Waals surface area (Å²) in [7, 11) is 0. The van der Waals surface area contributed by atoms with Gasteiger partial charge in [-0.1, -0.05) is 6.92 Å². The smallest absolute Gasteiger partial charge is 0.367 e. The molecule has 1 aromatic carbocycles. The summed E-state index contributed by atoms with van der Waals surface area (Å²) in [5.74, 6) is -3.72. The van der Waals surface area contributed by atoms with Gasteiger partial charge in [-0.25, -0.2) is 8.78 Å². The van der Waals surface area contributed by atoms with Crippen molar-refractivity contribution in [3.8, 4) is 0 Å². The molecule has 2 atom stereocenters. The summed E-state index contributed by atoms with van der Waals surface area (Å²) in [6.45, 7) is 2.90. The number of nitrogens with one attached hydrogen (secondary N) is 1. The highest BCUT2D eigenvalue weighted by molar-refractivity contribution is 5.91. The fraction of sp³-hybridized carbons (Fsp3) is 0.550. The minimum Gasteiger partial charge on any atom is -0.367 e. The molecule has 1 saturated carbocycles. The largest absolute Gasteiger partial charge is 0.418 e. The van der Waals surface area contributed by atoms with Crippen molar-refractivity contribution < 1.29 is 26.7 Å². The van der Waals surface area contributed by atoms with Crippen molar-refractivity contribution in [3.05, 3.63) is 30.1 Å². The molecule has 1 saturated heterocycles. The number of amides is 1. The normalized spacial score (nSPS) is 24.5. The van der Waals surface area contributed by atoms with E-state index in [2.05, 4.69) is 15.3 Å². The first-order valence-electron chi connectivity index (χ1n) is 9.77. The molecule has 30 heavy (non-hydrogen) atoms. The van der Waals surface area contributed by atoms with Crippen molar-refractivity contribution in [2.45, 2.75) is 44.3 Å². The van der Waals surface area contributed by atoms with E-state index in [1.54, 1.807) is 0 Å². The number of hydrogen-bond acceptors (Lipinski definition) is 4. The molecule has 1 amide bonds. The number of aromatic nitrogens is 2. The number of rotatable bonds is 3. The number of halogens is 5. The highest BCUT2D eigenvalue weighted by Gasteiger charge is 2.49. The molecular weight excluding hydrogens is 407 g/mol. The lowest BCUT2D eigenvalue weighted by molar-refractivity contribution is -0.150. The van der Waals surface area contributed by atoms with E-state index in [-0.39, 0.29) is 23.0 Å². The van der Waals surface area contributed by atoms with Crippen molar-refractivity contribution in [2.24, 2.45) is 11.8 Å². The zero-order valence-corrected chi connectivity index (χ0v) is 16.2. The summed E-state index contributed by atoms with van der Waals surface area (Å²) in [4.78, 5) is 22.2. The zero-order valence-electron chi connectivity index (χ0n) is 16.2. The number of nitrogens with zero attached hydrogens (tertiary/aromatic N) is 3. The molecule has 1 N–H and O–H groups in total. The molecular formula is C20H21F5N4O. The van der Waals surface area contributed by atoms with Gasteiger partial charge in [-0.3, -0.25) is 14.8 Å². The van der Waals surface area contributed by atoms with E-state index in [9.17, 15) is 26.7 Å². The van der Waals surface area contributed by atoms with E-state index in [1.165, 1.54) is 18.5 Å². The minimum absolute atomic E-state index is 0.140. The Balaban J connectivity index is 1.57. The molecule has 1 aliphatic heterocycles. The Kier molecular flexibility index (Phi) is 5.06. The first-order valence-corrected chi connectivity index (χ1v) is 9.77. The summed E-state index contributed by atoms with van der Waals surface area (Å²) in [5.41, 5.74) is -0.426. The molecule has 5 nitrogen and oxygen atoms in total. The molecule has 2 aromatic rings. The number of fused-ring (bicyclic) bond motifs is 1. The fourth-order valence-electron chi connectivity index (χ4n) is 4.35. The lowest BCUT2D eigenvalue weighted by Gasteiger charge is -2.40. The summed E-state index contributed by atoms with van der Waals surface area (Å²) < 4.78 is 66.2. The second-order valence-electron chi connectivity index (χ2n) is 8.30. The Morgan fingerprint density at radius 2 is 1.80 bits per heavy atom. The maximum Gasteiger partial charge on any atom is 0.418 e. The summed E-state index contributed by atoms with van der Waals surface area (Å²) in [6, 6.07) is 2.09. The Hall–Kier alpha value is -2.52. The van der Waals surface area contributed by atoms with Gasteiger partial charge in [-0.05, 0) is 24.5 Å². The highest BCUT2D eigenvalue weighted by Crippen LogP contribution is 2.42. The third kappa shape index (κ3) is 4.04. The van der Waals surface area contributed by atoms with Gasteiger partial charge in [0.05, 0.1) is 11.3 Å². The van der Waals surface area contributed by atoms with Crippen LogP contribution in [0.2, 0.25) is 0 Å². The van der Waals surface area contributed by atoms with E-state index >= 15 is 0 Å². The summed E-state index contributed by atoms with van der Waals surface area (Å²) in [6.07, 6.45) is -2.21. The van der Waals surface area contributed by atoms with Crippen molar-refractivity contribution >= 4 is 22.6 Å². The van der Waals surface area contributed by atoms with Crippen molar-refractivity contribution in [1.29, 1.82) is 0 Å². The minimum atomic E-state index is -4.55.